The van der Waals surface area contributed by atoms with Crippen molar-refractivity contribution in [2.45, 2.75) is 0 Å². The lowest BCUT2D eigenvalue weighted by Crippen LogP contribution is -2.12. The number of carbonyl (C=O) groups excluding carboxylic acids is 1. The van der Waals surface area contributed by atoms with Gasteiger partial charge in [-0.3, -0.25) is 4.79 Å². The smallest absolute Gasteiger partial charge is 0.277 e. The van der Waals surface area contributed by atoms with Crippen molar-refractivity contribution in [3.05, 3.63) is 77.8 Å². The molecule has 5 rings (SSSR count). The van der Waals surface area contributed by atoms with Gasteiger partial charge in [-0.2, -0.15) is 0 Å². The van der Waals surface area contributed by atoms with E-state index in [0.717, 1.165) is 27.3 Å². The second kappa shape index (κ2) is 7.03. The normalized spacial score (nSPS) is 11.1. The zero-order valence-electron chi connectivity index (χ0n) is 15.5. The highest BCUT2D eigenvalue weighted by Crippen LogP contribution is 2.27. The largest absolute Gasteiger partial charge is 0.355 e. The van der Waals surface area contributed by atoms with Gasteiger partial charge in [0.05, 0.1) is 15.9 Å². The molecule has 3 heterocycles. The summed E-state index contributed by atoms with van der Waals surface area (Å²) in [4.78, 5) is 18.1. The van der Waals surface area contributed by atoms with Crippen LogP contribution in [0.3, 0.4) is 0 Å². The molecule has 0 bridgehead atoms. The monoisotopic (exact) mass is 400 g/mol. The fourth-order valence-electron chi connectivity index (χ4n) is 3.22. The van der Waals surface area contributed by atoms with Gasteiger partial charge in [-0.1, -0.05) is 23.4 Å². The minimum absolute atomic E-state index is 0.243. The molecule has 0 fully saturated rings. The third-order valence-electron chi connectivity index (χ3n) is 4.69. The molecule has 0 saturated heterocycles. The number of amides is 1. The van der Waals surface area contributed by atoms with Gasteiger partial charge < -0.3 is 14.4 Å². The number of hydrogen-bond acceptors (Lipinski definition) is 5. The third-order valence-corrected chi connectivity index (χ3v) is 5.58. The quantitative estimate of drug-likeness (QED) is 0.449. The number of nitrogens with zero attached hydrogens (tertiary/aromatic N) is 3. The van der Waals surface area contributed by atoms with Crippen LogP contribution >= 0.6 is 11.3 Å². The van der Waals surface area contributed by atoms with Crippen LogP contribution in [0.4, 0.5) is 5.69 Å². The van der Waals surface area contributed by atoms with Crippen LogP contribution in [0.2, 0.25) is 0 Å². The van der Waals surface area contributed by atoms with Crippen molar-refractivity contribution in [2.24, 2.45) is 7.05 Å². The number of hydrogen-bond donors (Lipinski definition) is 1. The molecule has 6 nitrogen and oxygen atoms in total. The van der Waals surface area contributed by atoms with Crippen LogP contribution in [0.5, 0.6) is 0 Å². The first-order chi connectivity index (χ1) is 14.2. The van der Waals surface area contributed by atoms with E-state index < -0.39 is 0 Å². The second-order valence-corrected chi connectivity index (χ2v) is 7.52. The number of thiophene rings is 1. The van der Waals surface area contributed by atoms with Crippen molar-refractivity contribution in [3.8, 4) is 22.0 Å². The summed E-state index contributed by atoms with van der Waals surface area (Å²) in [5.74, 6) is 1.15. The van der Waals surface area contributed by atoms with E-state index in [1.807, 2.05) is 73.1 Å². The van der Waals surface area contributed by atoms with Gasteiger partial charge in [-0.05, 0) is 47.8 Å². The zero-order chi connectivity index (χ0) is 19.8. The highest BCUT2D eigenvalue weighted by molar-refractivity contribution is 7.13. The maximum absolute atomic E-state index is 12.5. The first-order valence-electron chi connectivity index (χ1n) is 9.03. The Hall–Kier alpha value is -3.71. The van der Waals surface area contributed by atoms with Crippen LogP contribution in [-0.4, -0.2) is 20.6 Å². The molecule has 142 valence electrons. The van der Waals surface area contributed by atoms with Gasteiger partial charge in [0.2, 0.25) is 0 Å². The molecule has 7 heteroatoms. The van der Waals surface area contributed by atoms with Gasteiger partial charge in [0, 0.05) is 24.4 Å². The Kier molecular flexibility index (Phi) is 4.22. The molecule has 0 aliphatic heterocycles. The first-order valence-corrected chi connectivity index (χ1v) is 9.91. The van der Waals surface area contributed by atoms with Gasteiger partial charge in [0.25, 0.3) is 5.91 Å². The lowest BCUT2D eigenvalue weighted by Gasteiger charge is -2.06. The Labute approximate surface area is 170 Å². The van der Waals surface area contributed by atoms with E-state index >= 15 is 0 Å². The molecule has 0 aliphatic carbocycles. The van der Waals surface area contributed by atoms with Gasteiger partial charge in [0.1, 0.15) is 5.82 Å². The van der Waals surface area contributed by atoms with Crippen molar-refractivity contribution in [1.29, 1.82) is 0 Å². The third kappa shape index (κ3) is 3.21. The van der Waals surface area contributed by atoms with E-state index in [4.69, 9.17) is 9.51 Å². The first kappa shape index (κ1) is 17.4. The number of carbonyl (C=O) groups is 1. The van der Waals surface area contributed by atoms with Crippen molar-refractivity contribution >= 4 is 34.0 Å². The Morgan fingerprint density at radius 2 is 1.90 bits per heavy atom. The number of aromatic nitrogens is 3. The topological polar surface area (TPSA) is 73.0 Å². The van der Waals surface area contributed by atoms with Crippen LogP contribution < -0.4 is 5.32 Å². The predicted molar refractivity (Wildman–Crippen MR) is 114 cm³/mol. The zero-order valence-corrected chi connectivity index (χ0v) is 16.3. The molecule has 1 N–H and O–H groups in total. The fraction of sp³-hybridized carbons (Fsp3) is 0.0455. The summed E-state index contributed by atoms with van der Waals surface area (Å²) in [5, 5.41) is 8.68. The molecule has 0 radical (unpaired) electrons. The van der Waals surface area contributed by atoms with Crippen molar-refractivity contribution in [1.82, 2.24) is 14.7 Å². The molecule has 0 atom stereocenters. The molecule has 29 heavy (non-hydrogen) atoms. The summed E-state index contributed by atoms with van der Waals surface area (Å²) in [7, 11) is 2.00. The van der Waals surface area contributed by atoms with Crippen molar-refractivity contribution < 1.29 is 9.32 Å². The molecule has 5 aromatic rings. The SMILES string of the molecule is Cn1c(-c2ccc(NC(=O)c3cc(-c4cccs4)on3)cc2)nc2ccccc21. The van der Waals surface area contributed by atoms with E-state index in [1.54, 1.807) is 6.07 Å². The van der Waals surface area contributed by atoms with Gasteiger partial charge in [-0.25, -0.2) is 4.98 Å². The van der Waals surface area contributed by atoms with Crippen molar-refractivity contribution in [2.75, 3.05) is 5.32 Å². The van der Waals surface area contributed by atoms with Crippen molar-refractivity contribution in [3.63, 3.8) is 0 Å². The average molecular weight is 400 g/mol. The number of rotatable bonds is 4. The van der Waals surface area contributed by atoms with Crippen LogP contribution in [0.1, 0.15) is 10.5 Å². The molecule has 0 saturated carbocycles. The highest BCUT2D eigenvalue weighted by Gasteiger charge is 2.15. The highest BCUT2D eigenvalue weighted by atomic mass is 32.1. The number of nitrogens with one attached hydrogen (secondary N) is 1. The molecular formula is C22H16N4O2S. The maximum Gasteiger partial charge on any atom is 0.277 e. The Balaban J connectivity index is 1.35. The summed E-state index contributed by atoms with van der Waals surface area (Å²) >= 11 is 1.53. The van der Waals surface area contributed by atoms with E-state index in [2.05, 4.69) is 15.0 Å². The lowest BCUT2D eigenvalue weighted by molar-refractivity contribution is 0.101. The van der Waals surface area contributed by atoms with Gasteiger partial charge in [0.15, 0.2) is 11.5 Å². The number of fused-ring (bicyclic) bond motifs is 1. The Bertz CT molecular complexity index is 1300. The standard InChI is InChI=1S/C22H16N4O2S/c1-26-18-6-3-2-5-16(18)24-21(26)14-8-10-15(11-9-14)23-22(27)17-13-19(28-25-17)20-7-4-12-29-20/h2-13H,1H3,(H,23,27). The van der Waals surface area contributed by atoms with Crippen LogP contribution in [0.25, 0.3) is 33.1 Å². The minimum Gasteiger partial charge on any atom is -0.355 e. The molecule has 0 unspecified atom stereocenters. The second-order valence-electron chi connectivity index (χ2n) is 6.57. The van der Waals surface area contributed by atoms with E-state index in [-0.39, 0.29) is 11.6 Å². The van der Waals surface area contributed by atoms with E-state index in [1.165, 1.54) is 11.3 Å². The maximum atomic E-state index is 12.5. The predicted octanol–water partition coefficient (Wildman–Crippen LogP) is 5.21. The lowest BCUT2D eigenvalue weighted by atomic mass is 10.2. The van der Waals surface area contributed by atoms with Gasteiger partial charge >= 0.3 is 0 Å². The fourth-order valence-corrected chi connectivity index (χ4v) is 3.89. The van der Waals surface area contributed by atoms with Gasteiger partial charge in [-0.15, -0.1) is 11.3 Å². The van der Waals surface area contributed by atoms with Crippen LogP contribution in [-0.2, 0) is 7.05 Å². The molecule has 1 amide bonds. The number of para-hydroxylation sites is 2. The molecule has 0 aliphatic rings. The molecule has 2 aromatic carbocycles. The number of anilines is 1. The molecular weight excluding hydrogens is 384 g/mol. The number of imidazole rings is 1. The summed E-state index contributed by atoms with van der Waals surface area (Å²) in [5.41, 5.74) is 3.93. The van der Waals surface area contributed by atoms with E-state index in [0.29, 0.717) is 11.4 Å². The number of benzene rings is 2. The Morgan fingerprint density at radius 1 is 1.07 bits per heavy atom. The summed E-state index contributed by atoms with van der Waals surface area (Å²) in [6.45, 7) is 0. The Morgan fingerprint density at radius 3 is 2.66 bits per heavy atom. The molecule has 0 spiro atoms. The molecule has 3 aromatic heterocycles. The summed E-state index contributed by atoms with van der Waals surface area (Å²) < 4.78 is 7.34. The van der Waals surface area contributed by atoms with E-state index in [9.17, 15) is 4.79 Å². The van der Waals surface area contributed by atoms with Crippen LogP contribution in [0.15, 0.2) is 76.6 Å². The van der Waals surface area contributed by atoms with Crippen LogP contribution in [0, 0.1) is 0 Å². The summed E-state index contributed by atoms with van der Waals surface area (Å²) in [6, 6.07) is 21.1. The minimum atomic E-state index is -0.313. The number of aryl methyl sites for hydroxylation is 1. The summed E-state index contributed by atoms with van der Waals surface area (Å²) in [6.07, 6.45) is 0. The average Bonchev–Trinajstić information content (AvgIpc) is 3.49.